The molecule has 2 amide bonds. The van der Waals surface area contributed by atoms with Crippen molar-refractivity contribution in [2.45, 2.75) is 19.4 Å². The lowest BCUT2D eigenvalue weighted by Gasteiger charge is -2.22. The maximum atomic E-state index is 12.3. The molecule has 7 nitrogen and oxygen atoms in total. The molecule has 2 aromatic rings. The quantitative estimate of drug-likeness (QED) is 0.807. The number of methoxy groups -OCH3 is 1. The summed E-state index contributed by atoms with van der Waals surface area (Å²) in [5.41, 5.74) is 2.66. The first-order valence-electron chi connectivity index (χ1n) is 8.59. The number of hydrogen-bond donors (Lipinski definition) is 2. The number of nitrogens with zero attached hydrogens (tertiary/aromatic N) is 2. The molecule has 136 valence electrons. The third-order valence-electron chi connectivity index (χ3n) is 4.27. The molecule has 0 unspecified atom stereocenters. The van der Waals surface area contributed by atoms with E-state index in [4.69, 9.17) is 4.74 Å². The number of amides is 2. The first-order chi connectivity index (χ1) is 12.7. The number of nitrogens with one attached hydrogen (secondary N) is 2. The fourth-order valence-electron chi connectivity index (χ4n) is 2.95. The molecule has 0 spiro atoms. The van der Waals surface area contributed by atoms with E-state index in [1.807, 2.05) is 24.3 Å². The summed E-state index contributed by atoms with van der Waals surface area (Å²) in [5, 5.41) is 5.63. The van der Waals surface area contributed by atoms with Crippen molar-refractivity contribution in [2.75, 3.05) is 30.4 Å². The van der Waals surface area contributed by atoms with Crippen molar-refractivity contribution in [1.82, 2.24) is 10.3 Å². The number of rotatable bonds is 5. The first kappa shape index (κ1) is 17.7. The Balaban J connectivity index is 1.74. The number of carbonyl (C=O) groups is 2. The minimum atomic E-state index is -0.435. The SMILES string of the molecule is COC(=O)c1ccc(N2CCCC2)c(NC(=O)NCc2ccccn2)c1. The summed E-state index contributed by atoms with van der Waals surface area (Å²) < 4.78 is 4.78. The van der Waals surface area contributed by atoms with Crippen LogP contribution >= 0.6 is 0 Å². The van der Waals surface area contributed by atoms with E-state index >= 15 is 0 Å². The van der Waals surface area contributed by atoms with E-state index in [1.54, 1.807) is 18.3 Å². The van der Waals surface area contributed by atoms with Crippen LogP contribution in [0.4, 0.5) is 16.2 Å². The lowest BCUT2D eigenvalue weighted by molar-refractivity contribution is 0.0600. The van der Waals surface area contributed by atoms with E-state index in [9.17, 15) is 9.59 Å². The van der Waals surface area contributed by atoms with Gasteiger partial charge in [-0.15, -0.1) is 0 Å². The predicted octanol–water partition coefficient (Wildman–Crippen LogP) is 2.79. The predicted molar refractivity (Wildman–Crippen MR) is 99.3 cm³/mol. The minimum Gasteiger partial charge on any atom is -0.465 e. The van der Waals surface area contributed by atoms with Crippen LogP contribution in [0.25, 0.3) is 0 Å². The van der Waals surface area contributed by atoms with Gasteiger partial charge in [0.2, 0.25) is 0 Å². The molecular formula is C19H22N4O3. The highest BCUT2D eigenvalue weighted by molar-refractivity contribution is 5.97. The average Bonchev–Trinajstić information content (AvgIpc) is 3.21. The smallest absolute Gasteiger partial charge is 0.337 e. The van der Waals surface area contributed by atoms with Crippen LogP contribution in [0, 0.1) is 0 Å². The van der Waals surface area contributed by atoms with Crippen molar-refractivity contribution in [1.29, 1.82) is 0 Å². The van der Waals surface area contributed by atoms with Gasteiger partial charge in [0.15, 0.2) is 0 Å². The van der Waals surface area contributed by atoms with Gasteiger partial charge < -0.3 is 20.3 Å². The summed E-state index contributed by atoms with van der Waals surface area (Å²) in [6, 6.07) is 10.4. The Bertz CT molecular complexity index is 774. The summed E-state index contributed by atoms with van der Waals surface area (Å²) in [7, 11) is 1.34. The standard InChI is InChI=1S/C19H22N4O3/c1-26-18(24)14-7-8-17(23-10-4-5-11-23)16(12-14)22-19(25)21-13-15-6-2-3-9-20-15/h2-3,6-9,12H,4-5,10-11,13H2,1H3,(H2,21,22,25). The Morgan fingerprint density at radius 3 is 2.69 bits per heavy atom. The number of hydrogen-bond acceptors (Lipinski definition) is 5. The zero-order chi connectivity index (χ0) is 18.4. The molecule has 1 aliphatic heterocycles. The lowest BCUT2D eigenvalue weighted by Crippen LogP contribution is -2.30. The van der Waals surface area contributed by atoms with Gasteiger partial charge in [-0.25, -0.2) is 9.59 Å². The summed E-state index contributed by atoms with van der Waals surface area (Å²) in [5.74, 6) is -0.435. The molecule has 2 heterocycles. The van der Waals surface area contributed by atoms with Gasteiger partial charge in [0.25, 0.3) is 0 Å². The Morgan fingerprint density at radius 2 is 2.00 bits per heavy atom. The van der Waals surface area contributed by atoms with Crippen LogP contribution in [0.5, 0.6) is 0 Å². The molecule has 1 saturated heterocycles. The summed E-state index contributed by atoms with van der Waals surface area (Å²) in [6.45, 7) is 2.19. The van der Waals surface area contributed by atoms with Crippen molar-refractivity contribution < 1.29 is 14.3 Å². The number of benzene rings is 1. The van der Waals surface area contributed by atoms with E-state index in [1.165, 1.54) is 7.11 Å². The maximum absolute atomic E-state index is 12.3. The summed E-state index contributed by atoms with van der Waals surface area (Å²) in [4.78, 5) is 30.5. The Labute approximate surface area is 152 Å². The highest BCUT2D eigenvalue weighted by Gasteiger charge is 2.19. The van der Waals surface area contributed by atoms with E-state index in [-0.39, 0.29) is 6.03 Å². The second kappa shape index (κ2) is 8.33. The highest BCUT2D eigenvalue weighted by Crippen LogP contribution is 2.30. The van der Waals surface area contributed by atoms with E-state index in [0.29, 0.717) is 17.8 Å². The monoisotopic (exact) mass is 354 g/mol. The number of anilines is 2. The van der Waals surface area contributed by atoms with Crippen LogP contribution < -0.4 is 15.5 Å². The maximum Gasteiger partial charge on any atom is 0.337 e. The van der Waals surface area contributed by atoms with Gasteiger partial charge in [0.1, 0.15) is 0 Å². The number of urea groups is 1. The molecule has 0 radical (unpaired) electrons. The highest BCUT2D eigenvalue weighted by atomic mass is 16.5. The minimum absolute atomic E-state index is 0.322. The van der Waals surface area contributed by atoms with Crippen molar-refractivity contribution in [2.24, 2.45) is 0 Å². The molecule has 0 aliphatic carbocycles. The number of carbonyl (C=O) groups excluding carboxylic acids is 2. The van der Waals surface area contributed by atoms with Gasteiger partial charge in [0, 0.05) is 19.3 Å². The zero-order valence-corrected chi connectivity index (χ0v) is 14.7. The van der Waals surface area contributed by atoms with Crippen LogP contribution in [0.1, 0.15) is 28.9 Å². The van der Waals surface area contributed by atoms with Crippen molar-refractivity contribution in [3.63, 3.8) is 0 Å². The van der Waals surface area contributed by atoms with Gasteiger partial charge in [-0.3, -0.25) is 4.98 Å². The molecule has 1 aromatic carbocycles. The molecule has 0 atom stereocenters. The second-order valence-corrected chi connectivity index (χ2v) is 6.05. The molecule has 2 N–H and O–H groups in total. The molecule has 1 aromatic heterocycles. The van der Waals surface area contributed by atoms with Crippen LogP contribution in [-0.2, 0) is 11.3 Å². The zero-order valence-electron chi connectivity index (χ0n) is 14.7. The Morgan fingerprint density at radius 1 is 1.19 bits per heavy atom. The van der Waals surface area contributed by atoms with Crippen LogP contribution in [0.2, 0.25) is 0 Å². The van der Waals surface area contributed by atoms with Gasteiger partial charge in [-0.1, -0.05) is 6.07 Å². The van der Waals surface area contributed by atoms with E-state index < -0.39 is 5.97 Å². The van der Waals surface area contributed by atoms with Gasteiger partial charge in [-0.05, 0) is 43.2 Å². The fourth-order valence-corrected chi connectivity index (χ4v) is 2.95. The topological polar surface area (TPSA) is 83.6 Å². The number of pyridine rings is 1. The number of esters is 1. The largest absolute Gasteiger partial charge is 0.465 e. The molecule has 3 rings (SSSR count). The van der Waals surface area contributed by atoms with Crippen LogP contribution in [0.15, 0.2) is 42.6 Å². The first-order valence-corrected chi connectivity index (χ1v) is 8.59. The third-order valence-corrected chi connectivity index (χ3v) is 4.27. The molecule has 1 fully saturated rings. The summed E-state index contributed by atoms with van der Waals surface area (Å²) in [6.07, 6.45) is 3.91. The molecular weight excluding hydrogens is 332 g/mol. The van der Waals surface area contributed by atoms with Gasteiger partial charge >= 0.3 is 12.0 Å². The van der Waals surface area contributed by atoms with Crippen molar-refractivity contribution in [3.8, 4) is 0 Å². The van der Waals surface area contributed by atoms with E-state index in [2.05, 4.69) is 20.5 Å². The van der Waals surface area contributed by atoms with Gasteiger partial charge in [0.05, 0.1) is 36.3 Å². The van der Waals surface area contributed by atoms with Crippen LogP contribution in [0.3, 0.4) is 0 Å². The van der Waals surface area contributed by atoms with Crippen molar-refractivity contribution >= 4 is 23.4 Å². The molecule has 0 bridgehead atoms. The van der Waals surface area contributed by atoms with Gasteiger partial charge in [-0.2, -0.15) is 0 Å². The fraction of sp³-hybridized carbons (Fsp3) is 0.316. The van der Waals surface area contributed by atoms with Crippen molar-refractivity contribution in [3.05, 3.63) is 53.9 Å². The second-order valence-electron chi connectivity index (χ2n) is 6.05. The summed E-state index contributed by atoms with van der Waals surface area (Å²) >= 11 is 0. The normalized spacial score (nSPS) is 13.3. The molecule has 0 saturated carbocycles. The Hall–Kier alpha value is -3.09. The average molecular weight is 354 g/mol. The van der Waals surface area contributed by atoms with E-state index in [0.717, 1.165) is 37.3 Å². The molecule has 26 heavy (non-hydrogen) atoms. The lowest BCUT2D eigenvalue weighted by atomic mass is 10.1. The molecule has 1 aliphatic rings. The van der Waals surface area contributed by atoms with Crippen LogP contribution in [-0.4, -0.2) is 37.2 Å². The number of aromatic nitrogens is 1. The Kier molecular flexibility index (Phi) is 5.68. The third kappa shape index (κ3) is 4.30. The number of ether oxygens (including phenoxy) is 1. The molecule has 7 heteroatoms.